The largest absolute Gasteiger partial charge is 0.443 e. The quantitative estimate of drug-likeness (QED) is 0.883. The van der Waals surface area contributed by atoms with Gasteiger partial charge in [-0.2, -0.15) is 0 Å². The van der Waals surface area contributed by atoms with Gasteiger partial charge >= 0.3 is 6.09 Å². The van der Waals surface area contributed by atoms with Crippen molar-refractivity contribution in [3.05, 3.63) is 53.1 Å². The monoisotopic (exact) mass is 344 g/mol. The molecule has 2 aromatic rings. The first kappa shape index (κ1) is 19.2. The molecule has 0 radical (unpaired) electrons. The van der Waals surface area contributed by atoms with Crippen molar-refractivity contribution in [1.29, 1.82) is 0 Å². The Morgan fingerprint density at radius 1 is 1.32 bits per heavy atom. The number of rotatable bonds is 5. The molecule has 0 bridgehead atoms. The van der Waals surface area contributed by atoms with Gasteiger partial charge in [0.05, 0.1) is 5.69 Å². The van der Waals surface area contributed by atoms with Gasteiger partial charge in [-0.3, -0.25) is 0 Å². The summed E-state index contributed by atoms with van der Waals surface area (Å²) in [7, 11) is 0. The number of aliphatic hydroxyl groups is 1. The Hall–Kier alpha value is -2.14. The number of carbonyl (C=O) groups excluding carboxylic acids is 1. The molecule has 25 heavy (non-hydrogen) atoms. The molecule has 5 heteroatoms. The van der Waals surface area contributed by atoms with Crippen molar-refractivity contribution in [1.82, 2.24) is 9.55 Å². The number of carbonyl (C=O) groups is 1. The molecule has 1 heterocycles. The van der Waals surface area contributed by atoms with E-state index < -0.39 is 11.7 Å². The van der Waals surface area contributed by atoms with Crippen molar-refractivity contribution in [3.63, 3.8) is 0 Å². The van der Waals surface area contributed by atoms with Crippen LogP contribution in [-0.2, 0) is 4.74 Å². The molecule has 1 aromatic carbocycles. The number of hydrogen-bond donors (Lipinski definition) is 1. The molecule has 0 aliphatic heterocycles. The summed E-state index contributed by atoms with van der Waals surface area (Å²) >= 11 is 0. The lowest BCUT2D eigenvalue weighted by Gasteiger charge is -2.20. The van der Waals surface area contributed by atoms with E-state index in [4.69, 9.17) is 4.74 Å². The van der Waals surface area contributed by atoms with Crippen molar-refractivity contribution >= 4 is 6.09 Å². The minimum atomic E-state index is -0.551. The third kappa shape index (κ3) is 4.92. The first-order valence-electron chi connectivity index (χ1n) is 8.67. The van der Waals surface area contributed by atoms with Gasteiger partial charge in [0, 0.05) is 18.7 Å². The second-order valence-electron chi connectivity index (χ2n) is 7.39. The molecule has 0 fully saturated rings. The van der Waals surface area contributed by atoms with E-state index in [0.717, 1.165) is 12.1 Å². The molecule has 136 valence electrons. The van der Waals surface area contributed by atoms with Gasteiger partial charge < -0.3 is 9.84 Å². The Bertz CT molecular complexity index is 729. The minimum absolute atomic E-state index is 0.0377. The third-order valence-corrected chi connectivity index (χ3v) is 4.24. The molecule has 1 atom stereocenters. The van der Waals surface area contributed by atoms with Crippen molar-refractivity contribution in [2.45, 2.75) is 59.0 Å². The number of ether oxygens (including phenoxy) is 1. The molecule has 5 nitrogen and oxygen atoms in total. The molecule has 0 saturated carbocycles. The van der Waals surface area contributed by atoms with E-state index in [1.807, 2.05) is 26.8 Å². The van der Waals surface area contributed by atoms with Crippen LogP contribution in [0.4, 0.5) is 4.79 Å². The Balaban J connectivity index is 2.33. The number of aliphatic hydroxyl groups excluding tert-OH is 1. The molecule has 0 aliphatic rings. The van der Waals surface area contributed by atoms with Crippen LogP contribution in [0.15, 0.2) is 30.7 Å². The SMILES string of the molecule is Cc1cccc(C(CCCO)c2cn(C(=O)OC(C)(C)C)cn2)c1C. The van der Waals surface area contributed by atoms with Crippen LogP contribution in [0.3, 0.4) is 0 Å². The predicted molar refractivity (Wildman–Crippen MR) is 97.9 cm³/mol. The van der Waals surface area contributed by atoms with E-state index in [0.29, 0.717) is 6.42 Å². The fourth-order valence-corrected chi connectivity index (χ4v) is 2.84. The number of imidazole rings is 1. The van der Waals surface area contributed by atoms with Gasteiger partial charge in [0.15, 0.2) is 0 Å². The average molecular weight is 344 g/mol. The first-order chi connectivity index (χ1) is 11.7. The van der Waals surface area contributed by atoms with Gasteiger partial charge in [0.25, 0.3) is 0 Å². The van der Waals surface area contributed by atoms with Crippen LogP contribution in [0.2, 0.25) is 0 Å². The lowest BCUT2D eigenvalue weighted by Crippen LogP contribution is -2.26. The van der Waals surface area contributed by atoms with Crippen LogP contribution in [0.25, 0.3) is 0 Å². The van der Waals surface area contributed by atoms with E-state index in [9.17, 15) is 9.90 Å². The predicted octanol–water partition coefficient (Wildman–Crippen LogP) is 4.19. The molecule has 0 spiro atoms. The summed E-state index contributed by atoms with van der Waals surface area (Å²) in [5.41, 5.74) is 3.89. The third-order valence-electron chi connectivity index (χ3n) is 4.24. The number of benzene rings is 1. The summed E-state index contributed by atoms with van der Waals surface area (Å²) in [6.07, 6.45) is 4.25. The van der Waals surface area contributed by atoms with Crippen LogP contribution in [0, 0.1) is 13.8 Å². The summed E-state index contributed by atoms with van der Waals surface area (Å²) in [5.74, 6) is 0.0377. The smallest absolute Gasteiger partial charge is 0.419 e. The number of aromatic nitrogens is 2. The van der Waals surface area contributed by atoms with Gasteiger partial charge in [-0.25, -0.2) is 14.3 Å². The molecule has 1 aromatic heterocycles. The molecule has 1 unspecified atom stereocenters. The van der Waals surface area contributed by atoms with Gasteiger partial charge in [-0.1, -0.05) is 18.2 Å². The fraction of sp³-hybridized carbons (Fsp3) is 0.500. The standard InChI is InChI=1S/C20H28N2O3/c1-14-8-6-9-16(15(14)2)17(10-7-11-23)18-12-22(13-21-18)19(24)25-20(3,4)5/h6,8-9,12-13,17,23H,7,10-11H2,1-5H3. The van der Waals surface area contributed by atoms with E-state index in [2.05, 4.69) is 31.0 Å². The van der Waals surface area contributed by atoms with Crippen LogP contribution in [0.1, 0.15) is 61.9 Å². The Morgan fingerprint density at radius 3 is 2.68 bits per heavy atom. The average Bonchev–Trinajstić information content (AvgIpc) is 3.00. The van der Waals surface area contributed by atoms with E-state index in [-0.39, 0.29) is 12.5 Å². The zero-order valence-corrected chi connectivity index (χ0v) is 15.7. The normalized spacial score (nSPS) is 12.9. The lowest BCUT2D eigenvalue weighted by molar-refractivity contribution is 0.0536. The number of aryl methyl sites for hydroxylation is 1. The van der Waals surface area contributed by atoms with Crippen molar-refractivity contribution in [3.8, 4) is 0 Å². The Labute approximate surface area is 149 Å². The van der Waals surface area contributed by atoms with E-state index in [1.165, 1.54) is 27.6 Å². The maximum atomic E-state index is 12.2. The van der Waals surface area contributed by atoms with Crippen LogP contribution in [-0.4, -0.2) is 33.0 Å². The molecular formula is C20H28N2O3. The highest BCUT2D eigenvalue weighted by Gasteiger charge is 2.22. The molecular weight excluding hydrogens is 316 g/mol. The summed E-state index contributed by atoms with van der Waals surface area (Å²) in [5, 5.41) is 9.25. The topological polar surface area (TPSA) is 64.4 Å². The second kappa shape index (κ2) is 7.83. The maximum absolute atomic E-state index is 12.2. The number of nitrogens with zero attached hydrogens (tertiary/aromatic N) is 2. The summed E-state index contributed by atoms with van der Waals surface area (Å²) in [6, 6.07) is 6.21. The lowest BCUT2D eigenvalue weighted by atomic mass is 9.87. The van der Waals surface area contributed by atoms with Gasteiger partial charge in [-0.05, 0) is 64.2 Å². The summed E-state index contributed by atoms with van der Waals surface area (Å²) < 4.78 is 6.78. The maximum Gasteiger partial charge on any atom is 0.419 e. The molecule has 0 amide bonds. The Morgan fingerprint density at radius 2 is 2.04 bits per heavy atom. The van der Waals surface area contributed by atoms with Crippen LogP contribution < -0.4 is 0 Å². The van der Waals surface area contributed by atoms with Crippen molar-refractivity contribution in [2.75, 3.05) is 6.61 Å². The second-order valence-corrected chi connectivity index (χ2v) is 7.39. The highest BCUT2D eigenvalue weighted by atomic mass is 16.6. The first-order valence-corrected chi connectivity index (χ1v) is 8.67. The molecule has 2 rings (SSSR count). The fourth-order valence-electron chi connectivity index (χ4n) is 2.84. The van der Waals surface area contributed by atoms with Gasteiger partial charge in [-0.15, -0.1) is 0 Å². The zero-order valence-electron chi connectivity index (χ0n) is 15.7. The van der Waals surface area contributed by atoms with Crippen molar-refractivity contribution < 1.29 is 14.6 Å². The van der Waals surface area contributed by atoms with Crippen LogP contribution in [0.5, 0.6) is 0 Å². The van der Waals surface area contributed by atoms with Gasteiger partial charge in [0.1, 0.15) is 11.9 Å². The van der Waals surface area contributed by atoms with Crippen LogP contribution >= 0.6 is 0 Å². The summed E-state index contributed by atoms with van der Waals surface area (Å²) in [4.78, 5) is 16.7. The van der Waals surface area contributed by atoms with E-state index in [1.54, 1.807) is 6.20 Å². The number of hydrogen-bond acceptors (Lipinski definition) is 4. The van der Waals surface area contributed by atoms with Gasteiger partial charge in [0.2, 0.25) is 0 Å². The minimum Gasteiger partial charge on any atom is -0.443 e. The van der Waals surface area contributed by atoms with Crippen molar-refractivity contribution in [2.24, 2.45) is 0 Å². The molecule has 1 N–H and O–H groups in total. The summed E-state index contributed by atoms with van der Waals surface area (Å²) in [6.45, 7) is 9.82. The zero-order chi connectivity index (χ0) is 18.6. The highest BCUT2D eigenvalue weighted by Crippen LogP contribution is 2.31. The van der Waals surface area contributed by atoms with E-state index >= 15 is 0 Å². The molecule has 0 aliphatic carbocycles. The highest BCUT2D eigenvalue weighted by molar-refractivity contribution is 5.70. The molecule has 0 saturated heterocycles. The Kier molecular flexibility index (Phi) is 6.01.